The van der Waals surface area contributed by atoms with Crippen LogP contribution in [-0.2, 0) is 0 Å². The standard InChI is InChI=1S/C12H6BrClN2O/c13-9-1-3-10(4-2-9)17-12-11(14)8(7-15)5-6-16-12/h1-6H. The summed E-state index contributed by atoms with van der Waals surface area (Å²) < 4.78 is 6.45. The molecule has 1 aromatic heterocycles. The molecule has 2 aromatic rings. The molecule has 0 amide bonds. The van der Waals surface area contributed by atoms with Gasteiger partial charge in [-0.15, -0.1) is 0 Å². The lowest BCUT2D eigenvalue weighted by Crippen LogP contribution is -1.90. The highest BCUT2D eigenvalue weighted by molar-refractivity contribution is 9.10. The van der Waals surface area contributed by atoms with Crippen molar-refractivity contribution in [2.24, 2.45) is 0 Å². The first kappa shape index (κ1) is 11.9. The van der Waals surface area contributed by atoms with Crippen molar-refractivity contribution >= 4 is 27.5 Å². The van der Waals surface area contributed by atoms with Gasteiger partial charge in [0.1, 0.15) is 16.8 Å². The fourth-order valence-electron chi connectivity index (χ4n) is 1.20. The van der Waals surface area contributed by atoms with Gasteiger partial charge < -0.3 is 4.74 Å². The van der Waals surface area contributed by atoms with Crippen LogP contribution in [0.2, 0.25) is 5.02 Å². The van der Waals surface area contributed by atoms with Crippen molar-refractivity contribution in [1.82, 2.24) is 4.98 Å². The van der Waals surface area contributed by atoms with E-state index in [2.05, 4.69) is 20.9 Å². The van der Waals surface area contributed by atoms with Gasteiger partial charge in [-0.05, 0) is 30.3 Å². The first-order valence-corrected chi connectivity index (χ1v) is 5.86. The molecule has 0 fully saturated rings. The summed E-state index contributed by atoms with van der Waals surface area (Å²) in [6.45, 7) is 0. The van der Waals surface area contributed by atoms with Crippen LogP contribution in [0, 0.1) is 11.3 Å². The molecule has 0 bridgehead atoms. The van der Waals surface area contributed by atoms with Crippen molar-refractivity contribution in [3.8, 4) is 17.7 Å². The minimum absolute atomic E-state index is 0.220. The molecule has 3 nitrogen and oxygen atoms in total. The molecule has 0 aliphatic carbocycles. The van der Waals surface area contributed by atoms with E-state index in [1.54, 1.807) is 12.1 Å². The lowest BCUT2D eigenvalue weighted by atomic mass is 10.3. The minimum Gasteiger partial charge on any atom is -0.437 e. The van der Waals surface area contributed by atoms with Crippen LogP contribution in [0.5, 0.6) is 11.6 Å². The van der Waals surface area contributed by atoms with Crippen molar-refractivity contribution in [2.45, 2.75) is 0 Å². The molecule has 0 saturated heterocycles. The molecule has 84 valence electrons. The zero-order valence-electron chi connectivity index (χ0n) is 8.52. The molecule has 1 heterocycles. The van der Waals surface area contributed by atoms with Crippen LogP contribution < -0.4 is 4.74 Å². The summed E-state index contributed by atoms with van der Waals surface area (Å²) in [6.07, 6.45) is 1.48. The highest BCUT2D eigenvalue weighted by Crippen LogP contribution is 2.29. The first-order chi connectivity index (χ1) is 8.20. The number of aromatic nitrogens is 1. The van der Waals surface area contributed by atoms with Gasteiger partial charge in [-0.25, -0.2) is 4.98 Å². The number of nitrogens with zero attached hydrogens (tertiary/aromatic N) is 2. The Morgan fingerprint density at radius 2 is 1.94 bits per heavy atom. The third-order valence-corrected chi connectivity index (χ3v) is 2.90. The van der Waals surface area contributed by atoms with Crippen LogP contribution in [0.4, 0.5) is 0 Å². The van der Waals surface area contributed by atoms with Crippen LogP contribution in [-0.4, -0.2) is 4.98 Å². The molecule has 17 heavy (non-hydrogen) atoms. The zero-order chi connectivity index (χ0) is 12.3. The van der Waals surface area contributed by atoms with Crippen LogP contribution in [0.15, 0.2) is 41.0 Å². The van der Waals surface area contributed by atoms with Gasteiger partial charge in [-0.3, -0.25) is 0 Å². The van der Waals surface area contributed by atoms with Gasteiger partial charge in [0.05, 0.1) is 5.56 Å². The van der Waals surface area contributed by atoms with E-state index in [9.17, 15) is 0 Å². The Balaban J connectivity index is 2.31. The summed E-state index contributed by atoms with van der Waals surface area (Å²) in [6, 6.07) is 10.8. The molecule has 1 aromatic carbocycles. The number of rotatable bonds is 2. The lowest BCUT2D eigenvalue weighted by Gasteiger charge is -2.06. The number of halogens is 2. The second kappa shape index (κ2) is 5.17. The van der Waals surface area contributed by atoms with Crippen molar-refractivity contribution < 1.29 is 4.74 Å². The highest BCUT2D eigenvalue weighted by Gasteiger charge is 2.09. The Bertz CT molecular complexity index is 578. The van der Waals surface area contributed by atoms with Crippen LogP contribution in [0.25, 0.3) is 0 Å². The molecule has 0 spiro atoms. The summed E-state index contributed by atoms with van der Waals surface area (Å²) in [5, 5.41) is 9.04. The van der Waals surface area contributed by atoms with Crippen molar-refractivity contribution in [1.29, 1.82) is 5.26 Å². The molecule has 0 aliphatic rings. The molecule has 2 rings (SSSR count). The number of hydrogen-bond donors (Lipinski definition) is 0. The number of ether oxygens (including phenoxy) is 1. The van der Waals surface area contributed by atoms with Gasteiger partial charge in [0.2, 0.25) is 5.88 Å². The molecular formula is C12H6BrClN2O. The van der Waals surface area contributed by atoms with E-state index >= 15 is 0 Å². The second-order valence-electron chi connectivity index (χ2n) is 3.15. The smallest absolute Gasteiger partial charge is 0.239 e. The molecule has 0 aliphatic heterocycles. The third-order valence-electron chi connectivity index (χ3n) is 2.01. The van der Waals surface area contributed by atoms with Crippen LogP contribution >= 0.6 is 27.5 Å². The third kappa shape index (κ3) is 2.76. The maximum absolute atomic E-state index is 8.82. The molecule has 0 atom stereocenters. The minimum atomic E-state index is 0.220. The van der Waals surface area contributed by atoms with E-state index in [4.69, 9.17) is 21.6 Å². The SMILES string of the molecule is N#Cc1ccnc(Oc2ccc(Br)cc2)c1Cl. The summed E-state index contributed by atoms with van der Waals surface area (Å²) >= 11 is 9.30. The number of benzene rings is 1. The van der Waals surface area contributed by atoms with Gasteiger partial charge in [0.15, 0.2) is 0 Å². The average molecular weight is 310 g/mol. The number of pyridine rings is 1. The van der Waals surface area contributed by atoms with E-state index in [1.807, 2.05) is 18.2 Å². The normalized spacial score (nSPS) is 9.71. The quantitative estimate of drug-likeness (QED) is 0.836. The van der Waals surface area contributed by atoms with Gasteiger partial charge in [-0.2, -0.15) is 5.26 Å². The second-order valence-corrected chi connectivity index (χ2v) is 4.44. The van der Waals surface area contributed by atoms with E-state index in [0.29, 0.717) is 11.3 Å². The molecule has 0 radical (unpaired) electrons. The fourth-order valence-corrected chi connectivity index (χ4v) is 1.65. The summed E-state index contributed by atoms with van der Waals surface area (Å²) in [5.74, 6) is 0.839. The summed E-state index contributed by atoms with van der Waals surface area (Å²) in [7, 11) is 0. The molecule has 0 unspecified atom stereocenters. The maximum Gasteiger partial charge on any atom is 0.239 e. The van der Waals surface area contributed by atoms with E-state index in [0.717, 1.165) is 4.47 Å². The maximum atomic E-state index is 8.82. The Labute approximate surface area is 112 Å². The summed E-state index contributed by atoms with van der Waals surface area (Å²) in [4.78, 5) is 3.99. The van der Waals surface area contributed by atoms with Crippen molar-refractivity contribution in [2.75, 3.05) is 0 Å². The predicted molar refractivity (Wildman–Crippen MR) is 68.2 cm³/mol. The molecule has 0 saturated carbocycles. The molecule has 0 N–H and O–H groups in total. The van der Waals surface area contributed by atoms with Crippen molar-refractivity contribution in [3.63, 3.8) is 0 Å². The summed E-state index contributed by atoms with van der Waals surface area (Å²) in [5.41, 5.74) is 0.341. The Morgan fingerprint density at radius 1 is 1.24 bits per heavy atom. The van der Waals surface area contributed by atoms with E-state index in [1.165, 1.54) is 12.3 Å². The highest BCUT2D eigenvalue weighted by atomic mass is 79.9. The fraction of sp³-hybridized carbons (Fsp3) is 0. The number of nitriles is 1. The van der Waals surface area contributed by atoms with Gasteiger partial charge in [0.25, 0.3) is 0 Å². The first-order valence-electron chi connectivity index (χ1n) is 4.69. The monoisotopic (exact) mass is 308 g/mol. The Kier molecular flexibility index (Phi) is 3.62. The van der Waals surface area contributed by atoms with Gasteiger partial charge in [0, 0.05) is 10.7 Å². The zero-order valence-corrected chi connectivity index (χ0v) is 10.9. The van der Waals surface area contributed by atoms with Crippen LogP contribution in [0.1, 0.15) is 5.56 Å². The largest absolute Gasteiger partial charge is 0.437 e. The Hall–Kier alpha value is -1.57. The van der Waals surface area contributed by atoms with Crippen LogP contribution in [0.3, 0.4) is 0 Å². The predicted octanol–water partition coefficient (Wildman–Crippen LogP) is 4.16. The lowest BCUT2D eigenvalue weighted by molar-refractivity contribution is 0.463. The van der Waals surface area contributed by atoms with Crippen molar-refractivity contribution in [3.05, 3.63) is 51.6 Å². The van der Waals surface area contributed by atoms with E-state index < -0.39 is 0 Å². The molecule has 5 heteroatoms. The van der Waals surface area contributed by atoms with Gasteiger partial charge in [-0.1, -0.05) is 27.5 Å². The topological polar surface area (TPSA) is 45.9 Å². The number of hydrogen-bond acceptors (Lipinski definition) is 3. The molecular weight excluding hydrogens is 304 g/mol. The van der Waals surface area contributed by atoms with E-state index in [-0.39, 0.29) is 10.9 Å². The Morgan fingerprint density at radius 3 is 2.59 bits per heavy atom. The average Bonchev–Trinajstić information content (AvgIpc) is 2.35. The van der Waals surface area contributed by atoms with Gasteiger partial charge >= 0.3 is 0 Å².